The maximum absolute atomic E-state index is 13.0. The number of ether oxygens (including phenoxy) is 1. The molecule has 8 nitrogen and oxygen atoms in total. The molecule has 0 saturated heterocycles. The molecule has 1 aliphatic carbocycles. The molecule has 0 radical (unpaired) electrons. The lowest BCUT2D eigenvalue weighted by Crippen LogP contribution is -2.46. The minimum Gasteiger partial charge on any atom is -0.446 e. The number of nitrogens with zero attached hydrogens (tertiary/aromatic N) is 3. The van der Waals surface area contributed by atoms with Crippen LogP contribution in [0, 0.1) is 0 Å². The molecule has 0 unspecified atom stereocenters. The Balaban J connectivity index is 1.23. The van der Waals surface area contributed by atoms with Crippen molar-refractivity contribution in [3.63, 3.8) is 0 Å². The molecule has 2 N–H and O–H groups in total. The van der Waals surface area contributed by atoms with Gasteiger partial charge in [-0.05, 0) is 88.3 Å². The van der Waals surface area contributed by atoms with Gasteiger partial charge in [0.1, 0.15) is 17.9 Å². The number of allylic oxidation sites excluding steroid dienone is 1. The maximum Gasteiger partial charge on any atom is 0.411 e. The first kappa shape index (κ1) is 29.2. The first-order valence-electron chi connectivity index (χ1n) is 14.7. The van der Waals surface area contributed by atoms with E-state index < -0.39 is 6.09 Å². The third-order valence-corrected chi connectivity index (χ3v) is 7.44. The molecule has 0 spiro atoms. The maximum atomic E-state index is 13.0. The van der Waals surface area contributed by atoms with Gasteiger partial charge in [0.25, 0.3) is 0 Å². The Hall–Kier alpha value is -4.30. The van der Waals surface area contributed by atoms with E-state index in [1.807, 2.05) is 65.4 Å². The number of benzene rings is 3. The first-order chi connectivity index (χ1) is 20.3. The van der Waals surface area contributed by atoms with Crippen LogP contribution in [-0.4, -0.2) is 45.1 Å². The number of nitrogens with one attached hydrogen (secondary N) is 2. The lowest BCUT2D eigenvalue weighted by molar-refractivity contribution is 0.0762. The summed E-state index contributed by atoms with van der Waals surface area (Å²) in [4.78, 5) is 24.1. The zero-order chi connectivity index (χ0) is 29.5. The van der Waals surface area contributed by atoms with E-state index in [4.69, 9.17) is 4.74 Å². The Bertz CT molecular complexity index is 1550. The Morgan fingerprint density at radius 1 is 1.00 bits per heavy atom. The number of amides is 1. The number of hydrogen-bond donors (Lipinski definition) is 2. The highest BCUT2D eigenvalue weighted by atomic mass is 16.6. The van der Waals surface area contributed by atoms with E-state index in [-0.39, 0.29) is 11.6 Å². The van der Waals surface area contributed by atoms with Crippen LogP contribution < -0.4 is 10.6 Å². The van der Waals surface area contributed by atoms with Crippen LogP contribution in [-0.2, 0) is 11.3 Å². The summed E-state index contributed by atoms with van der Waals surface area (Å²) < 4.78 is 7.70. The SMILES string of the molecule is CC(C)(C)NC1CCC(OC(=O)Nc2cc(/C=C/CCn3nnc4cc(C=O)ccc43)ccc2-c2ccccc2)CC1. The van der Waals surface area contributed by atoms with Crippen LogP contribution in [0.25, 0.3) is 28.2 Å². The molecule has 8 heteroatoms. The van der Waals surface area contributed by atoms with E-state index in [0.717, 1.165) is 60.6 Å². The van der Waals surface area contributed by atoms with Crippen molar-refractivity contribution in [2.45, 2.75) is 77.1 Å². The number of rotatable bonds is 9. The molecule has 1 aromatic heterocycles. The second-order valence-corrected chi connectivity index (χ2v) is 11.9. The van der Waals surface area contributed by atoms with E-state index in [0.29, 0.717) is 29.4 Å². The van der Waals surface area contributed by atoms with E-state index in [2.05, 4.69) is 47.8 Å². The fourth-order valence-electron chi connectivity index (χ4n) is 5.51. The minimum absolute atomic E-state index is 0.0794. The quantitative estimate of drug-likeness (QED) is 0.207. The van der Waals surface area contributed by atoms with Crippen molar-refractivity contribution < 1.29 is 14.3 Å². The number of aromatic nitrogens is 3. The Morgan fingerprint density at radius 2 is 1.76 bits per heavy atom. The molecular weight excluding hydrogens is 526 g/mol. The summed E-state index contributed by atoms with van der Waals surface area (Å²) in [7, 11) is 0. The highest BCUT2D eigenvalue weighted by molar-refractivity contribution is 5.92. The second kappa shape index (κ2) is 13.1. The van der Waals surface area contributed by atoms with Crippen LogP contribution in [0.3, 0.4) is 0 Å². The van der Waals surface area contributed by atoms with Crippen LogP contribution in [0.1, 0.15) is 68.8 Å². The molecule has 0 atom stereocenters. The van der Waals surface area contributed by atoms with Crippen molar-refractivity contribution >= 4 is 35.2 Å². The van der Waals surface area contributed by atoms with Gasteiger partial charge in [0.2, 0.25) is 0 Å². The van der Waals surface area contributed by atoms with Crippen molar-refractivity contribution in [2.24, 2.45) is 0 Å². The Labute approximate surface area is 247 Å². The fourth-order valence-corrected chi connectivity index (χ4v) is 5.51. The van der Waals surface area contributed by atoms with Crippen LogP contribution in [0.15, 0.2) is 72.8 Å². The molecule has 3 aromatic carbocycles. The summed E-state index contributed by atoms with van der Waals surface area (Å²) >= 11 is 0. The van der Waals surface area contributed by atoms with Crippen molar-refractivity contribution in [2.75, 3.05) is 5.32 Å². The van der Waals surface area contributed by atoms with Gasteiger partial charge in [0.15, 0.2) is 0 Å². The highest BCUT2D eigenvalue weighted by Gasteiger charge is 2.26. The summed E-state index contributed by atoms with van der Waals surface area (Å²) in [5, 5.41) is 15.1. The van der Waals surface area contributed by atoms with E-state index >= 15 is 0 Å². The van der Waals surface area contributed by atoms with E-state index in [1.54, 1.807) is 12.1 Å². The van der Waals surface area contributed by atoms with Gasteiger partial charge in [0, 0.05) is 29.3 Å². The molecule has 1 amide bonds. The Morgan fingerprint density at radius 3 is 2.50 bits per heavy atom. The third kappa shape index (κ3) is 7.70. The third-order valence-electron chi connectivity index (χ3n) is 7.44. The minimum atomic E-state index is -0.420. The Kier molecular flexibility index (Phi) is 9.12. The lowest BCUT2D eigenvalue weighted by atomic mass is 9.91. The van der Waals surface area contributed by atoms with Crippen LogP contribution in [0.2, 0.25) is 0 Å². The molecule has 218 valence electrons. The van der Waals surface area contributed by atoms with Crippen molar-refractivity contribution in [1.82, 2.24) is 20.3 Å². The average molecular weight is 566 g/mol. The number of carbonyl (C=O) groups is 2. The van der Waals surface area contributed by atoms with Crippen LogP contribution in [0.4, 0.5) is 10.5 Å². The average Bonchev–Trinajstić information content (AvgIpc) is 3.38. The molecule has 1 saturated carbocycles. The van der Waals surface area contributed by atoms with Gasteiger partial charge in [-0.25, -0.2) is 9.48 Å². The van der Waals surface area contributed by atoms with Crippen molar-refractivity contribution in [1.29, 1.82) is 0 Å². The summed E-state index contributed by atoms with van der Waals surface area (Å²) in [6.45, 7) is 7.20. The standard InChI is InChI=1S/C34H39N5O3/c1-34(2,3)36-27-14-16-28(17-15-27)42-33(41)35-30-21-24(12-18-29(30)26-10-5-4-6-11-26)9-7-8-20-39-32-19-13-25(23-40)22-31(32)37-38-39/h4-7,9-13,18-19,21-23,27-28,36H,8,14-17,20H2,1-3H3,(H,35,41)/b9-7+. The smallest absolute Gasteiger partial charge is 0.411 e. The van der Waals surface area contributed by atoms with E-state index in [1.165, 1.54) is 0 Å². The van der Waals surface area contributed by atoms with Crippen molar-refractivity contribution in [3.05, 3.63) is 83.9 Å². The number of aryl methyl sites for hydroxylation is 1. The summed E-state index contributed by atoms with van der Waals surface area (Å²) in [5.74, 6) is 0. The van der Waals surface area contributed by atoms with Crippen LogP contribution in [0.5, 0.6) is 0 Å². The van der Waals surface area contributed by atoms with Crippen molar-refractivity contribution in [3.8, 4) is 11.1 Å². The lowest BCUT2D eigenvalue weighted by Gasteiger charge is -2.34. The molecule has 1 heterocycles. The molecule has 42 heavy (non-hydrogen) atoms. The monoisotopic (exact) mass is 565 g/mol. The number of hydrogen-bond acceptors (Lipinski definition) is 6. The first-order valence-corrected chi connectivity index (χ1v) is 14.7. The molecule has 5 rings (SSSR count). The summed E-state index contributed by atoms with van der Waals surface area (Å²) in [6, 6.07) is 21.9. The van der Waals surface area contributed by atoms with Gasteiger partial charge in [-0.1, -0.05) is 59.8 Å². The molecule has 1 fully saturated rings. The fraction of sp³-hybridized carbons (Fsp3) is 0.353. The van der Waals surface area contributed by atoms with E-state index in [9.17, 15) is 9.59 Å². The second-order valence-electron chi connectivity index (χ2n) is 11.9. The topological polar surface area (TPSA) is 98.1 Å². The highest BCUT2D eigenvalue weighted by Crippen LogP contribution is 2.30. The number of aldehydes is 1. The number of carbonyl (C=O) groups excluding carboxylic acids is 2. The number of anilines is 1. The zero-order valence-electron chi connectivity index (χ0n) is 24.5. The van der Waals surface area contributed by atoms with Gasteiger partial charge in [-0.2, -0.15) is 0 Å². The van der Waals surface area contributed by atoms with Gasteiger partial charge >= 0.3 is 6.09 Å². The molecule has 0 bridgehead atoms. The predicted octanol–water partition coefficient (Wildman–Crippen LogP) is 7.26. The molecule has 0 aliphatic heterocycles. The van der Waals surface area contributed by atoms with Gasteiger partial charge in [0.05, 0.1) is 11.2 Å². The molecular formula is C34H39N5O3. The number of fused-ring (bicyclic) bond motifs is 1. The zero-order valence-corrected chi connectivity index (χ0v) is 24.5. The molecule has 4 aromatic rings. The van der Waals surface area contributed by atoms with Gasteiger partial charge in [-0.3, -0.25) is 10.1 Å². The largest absolute Gasteiger partial charge is 0.446 e. The molecule has 1 aliphatic rings. The predicted molar refractivity (Wildman–Crippen MR) is 167 cm³/mol. The summed E-state index contributed by atoms with van der Waals surface area (Å²) in [6.07, 6.45) is 8.87. The van der Waals surface area contributed by atoms with Gasteiger partial charge in [-0.15, -0.1) is 5.10 Å². The summed E-state index contributed by atoms with van der Waals surface area (Å²) in [5.41, 5.74) is 5.91. The van der Waals surface area contributed by atoms with Gasteiger partial charge < -0.3 is 10.1 Å². The van der Waals surface area contributed by atoms with Crippen LogP contribution >= 0.6 is 0 Å². The normalized spacial score (nSPS) is 17.4.